The second kappa shape index (κ2) is 7.77. The molecule has 0 atom stereocenters. The fourth-order valence-electron chi connectivity index (χ4n) is 2.75. The lowest BCUT2D eigenvalue weighted by Gasteiger charge is -2.33. The van der Waals surface area contributed by atoms with Crippen molar-refractivity contribution in [3.05, 3.63) is 66.0 Å². The first-order valence-corrected chi connectivity index (χ1v) is 8.21. The maximum Gasteiger partial charge on any atom is 0.312 e. The van der Waals surface area contributed by atoms with Gasteiger partial charge in [0.2, 0.25) is 5.91 Å². The molecule has 0 aromatic heterocycles. The Balaban J connectivity index is 1.58. The highest BCUT2D eigenvalue weighted by atomic mass is 19.1. The van der Waals surface area contributed by atoms with Crippen molar-refractivity contribution in [2.75, 3.05) is 25.0 Å². The third kappa shape index (κ3) is 4.05. The number of piperazine rings is 1. The summed E-state index contributed by atoms with van der Waals surface area (Å²) in [6.07, 6.45) is 0. The van der Waals surface area contributed by atoms with E-state index in [-0.39, 0.29) is 18.8 Å². The van der Waals surface area contributed by atoms with E-state index < -0.39 is 23.5 Å². The number of benzene rings is 2. The van der Waals surface area contributed by atoms with Gasteiger partial charge in [0, 0.05) is 19.6 Å². The first-order valence-electron chi connectivity index (χ1n) is 8.21. The van der Waals surface area contributed by atoms with E-state index in [1.165, 1.54) is 28.0 Å². The van der Waals surface area contributed by atoms with Crippen LogP contribution in [0.2, 0.25) is 0 Å². The molecule has 1 heterocycles. The number of anilines is 1. The average Bonchev–Trinajstić information content (AvgIpc) is 2.64. The van der Waals surface area contributed by atoms with E-state index in [0.717, 1.165) is 5.56 Å². The van der Waals surface area contributed by atoms with Gasteiger partial charge in [0.05, 0.1) is 5.69 Å². The fraction of sp³-hybridized carbons (Fsp3) is 0.211. The molecular formula is C19H18FN3O3. The molecule has 1 N–H and O–H groups in total. The third-order valence-corrected chi connectivity index (χ3v) is 4.10. The van der Waals surface area contributed by atoms with E-state index in [2.05, 4.69) is 5.32 Å². The van der Waals surface area contributed by atoms with Crippen molar-refractivity contribution in [3.63, 3.8) is 0 Å². The number of carbonyl (C=O) groups excluding carboxylic acids is 3. The predicted molar refractivity (Wildman–Crippen MR) is 93.5 cm³/mol. The summed E-state index contributed by atoms with van der Waals surface area (Å²) in [6, 6.07) is 15.1. The van der Waals surface area contributed by atoms with Crippen LogP contribution in [0.1, 0.15) is 5.56 Å². The summed E-state index contributed by atoms with van der Waals surface area (Å²) < 4.78 is 13.6. The molecule has 0 saturated carbocycles. The van der Waals surface area contributed by atoms with E-state index >= 15 is 0 Å². The van der Waals surface area contributed by atoms with Gasteiger partial charge < -0.3 is 15.1 Å². The van der Waals surface area contributed by atoms with Gasteiger partial charge in [0.25, 0.3) is 0 Å². The quantitative estimate of drug-likeness (QED) is 0.829. The Kier molecular flexibility index (Phi) is 5.26. The van der Waals surface area contributed by atoms with Gasteiger partial charge in [-0.3, -0.25) is 14.4 Å². The Morgan fingerprint density at radius 3 is 2.27 bits per heavy atom. The monoisotopic (exact) mass is 355 g/mol. The number of para-hydroxylation sites is 1. The normalized spacial score (nSPS) is 14.5. The van der Waals surface area contributed by atoms with Crippen molar-refractivity contribution in [2.45, 2.75) is 6.54 Å². The first kappa shape index (κ1) is 17.6. The van der Waals surface area contributed by atoms with Gasteiger partial charge in [-0.1, -0.05) is 42.5 Å². The van der Waals surface area contributed by atoms with Crippen molar-refractivity contribution in [2.24, 2.45) is 0 Å². The lowest BCUT2D eigenvalue weighted by atomic mass is 10.2. The molecule has 0 radical (unpaired) electrons. The zero-order chi connectivity index (χ0) is 18.5. The van der Waals surface area contributed by atoms with E-state index in [4.69, 9.17) is 0 Å². The van der Waals surface area contributed by atoms with Crippen LogP contribution < -0.4 is 5.32 Å². The van der Waals surface area contributed by atoms with Crippen molar-refractivity contribution >= 4 is 23.4 Å². The van der Waals surface area contributed by atoms with Crippen LogP contribution in [0.15, 0.2) is 54.6 Å². The maximum absolute atomic E-state index is 13.6. The Labute approximate surface area is 150 Å². The third-order valence-electron chi connectivity index (χ3n) is 4.10. The number of nitrogens with zero attached hydrogens (tertiary/aromatic N) is 2. The number of hydrogen-bond acceptors (Lipinski definition) is 3. The van der Waals surface area contributed by atoms with Crippen LogP contribution in [-0.4, -0.2) is 47.2 Å². The van der Waals surface area contributed by atoms with Crippen LogP contribution in [0.4, 0.5) is 10.1 Å². The van der Waals surface area contributed by atoms with Crippen molar-refractivity contribution < 1.29 is 18.8 Å². The smallest absolute Gasteiger partial charge is 0.312 e. The molecule has 2 aromatic rings. The standard InChI is InChI=1S/C19H18FN3O3/c20-15-8-4-5-9-16(15)21-17(24)13-23-11-10-22(18(25)19(23)26)12-14-6-2-1-3-7-14/h1-9H,10-13H2,(H,21,24). The molecule has 2 aromatic carbocycles. The number of nitrogens with one attached hydrogen (secondary N) is 1. The SMILES string of the molecule is O=C(CN1CCN(Cc2ccccc2)C(=O)C1=O)Nc1ccccc1F. The first-order chi connectivity index (χ1) is 12.5. The molecule has 0 spiro atoms. The molecule has 1 aliphatic heterocycles. The minimum Gasteiger partial charge on any atom is -0.328 e. The summed E-state index contributed by atoms with van der Waals surface area (Å²) in [5, 5.41) is 2.41. The minimum absolute atomic E-state index is 0.0407. The van der Waals surface area contributed by atoms with Gasteiger partial charge in [-0.05, 0) is 17.7 Å². The van der Waals surface area contributed by atoms with E-state index in [1.807, 2.05) is 30.3 Å². The van der Waals surface area contributed by atoms with Gasteiger partial charge in [-0.25, -0.2) is 4.39 Å². The van der Waals surface area contributed by atoms with Gasteiger partial charge in [-0.2, -0.15) is 0 Å². The zero-order valence-corrected chi connectivity index (χ0v) is 14.0. The highest BCUT2D eigenvalue weighted by molar-refractivity contribution is 6.35. The fourth-order valence-corrected chi connectivity index (χ4v) is 2.75. The van der Waals surface area contributed by atoms with Crippen LogP contribution in [0.5, 0.6) is 0 Å². The molecule has 0 bridgehead atoms. The predicted octanol–water partition coefficient (Wildman–Crippen LogP) is 1.64. The second-order valence-electron chi connectivity index (χ2n) is 5.97. The van der Waals surface area contributed by atoms with Gasteiger partial charge in [-0.15, -0.1) is 0 Å². The summed E-state index contributed by atoms with van der Waals surface area (Å²) in [6.45, 7) is 0.646. The minimum atomic E-state index is -0.726. The lowest BCUT2D eigenvalue weighted by molar-refractivity contribution is -0.157. The largest absolute Gasteiger partial charge is 0.328 e. The highest BCUT2D eigenvalue weighted by Gasteiger charge is 2.33. The molecule has 1 saturated heterocycles. The van der Waals surface area contributed by atoms with Crippen molar-refractivity contribution in [1.29, 1.82) is 0 Å². The summed E-state index contributed by atoms with van der Waals surface area (Å²) in [5.74, 6) is -2.47. The van der Waals surface area contributed by atoms with Gasteiger partial charge in [0.1, 0.15) is 12.4 Å². The molecule has 3 amide bonds. The molecule has 26 heavy (non-hydrogen) atoms. The van der Waals surface area contributed by atoms with E-state index in [1.54, 1.807) is 6.07 Å². The topological polar surface area (TPSA) is 69.7 Å². The Morgan fingerprint density at radius 1 is 0.923 bits per heavy atom. The van der Waals surface area contributed by atoms with Crippen molar-refractivity contribution in [1.82, 2.24) is 9.80 Å². The van der Waals surface area contributed by atoms with Crippen LogP contribution in [0.3, 0.4) is 0 Å². The number of hydrogen-bond donors (Lipinski definition) is 1. The molecular weight excluding hydrogens is 337 g/mol. The molecule has 0 aliphatic carbocycles. The molecule has 3 rings (SSSR count). The van der Waals surface area contributed by atoms with Gasteiger partial charge in [0.15, 0.2) is 0 Å². The zero-order valence-electron chi connectivity index (χ0n) is 14.0. The Hall–Kier alpha value is -3.22. The average molecular weight is 355 g/mol. The Morgan fingerprint density at radius 2 is 1.54 bits per heavy atom. The molecule has 0 unspecified atom stereocenters. The highest BCUT2D eigenvalue weighted by Crippen LogP contribution is 2.14. The van der Waals surface area contributed by atoms with E-state index in [0.29, 0.717) is 13.1 Å². The molecule has 134 valence electrons. The van der Waals surface area contributed by atoms with Crippen LogP contribution in [-0.2, 0) is 20.9 Å². The number of halogens is 1. The summed E-state index contributed by atoms with van der Waals surface area (Å²) in [5.41, 5.74) is 0.971. The van der Waals surface area contributed by atoms with Crippen LogP contribution >= 0.6 is 0 Å². The summed E-state index contributed by atoms with van der Waals surface area (Å²) >= 11 is 0. The maximum atomic E-state index is 13.6. The summed E-state index contributed by atoms with van der Waals surface area (Å²) in [4.78, 5) is 39.2. The van der Waals surface area contributed by atoms with Gasteiger partial charge >= 0.3 is 11.8 Å². The summed E-state index contributed by atoms with van der Waals surface area (Å²) in [7, 11) is 0. The van der Waals surface area contributed by atoms with Crippen LogP contribution in [0.25, 0.3) is 0 Å². The number of amides is 3. The number of carbonyl (C=O) groups is 3. The van der Waals surface area contributed by atoms with E-state index in [9.17, 15) is 18.8 Å². The van der Waals surface area contributed by atoms with Crippen molar-refractivity contribution in [3.8, 4) is 0 Å². The van der Waals surface area contributed by atoms with Crippen LogP contribution in [0, 0.1) is 5.82 Å². The second-order valence-corrected chi connectivity index (χ2v) is 5.97. The lowest BCUT2D eigenvalue weighted by Crippen LogP contribution is -2.55. The molecule has 6 nitrogen and oxygen atoms in total. The molecule has 1 fully saturated rings. The molecule has 7 heteroatoms. The molecule has 1 aliphatic rings. The Bertz CT molecular complexity index is 826. The number of rotatable bonds is 5.